The minimum atomic E-state index is 0.447. The highest BCUT2D eigenvalue weighted by molar-refractivity contribution is 6.09. The second kappa shape index (κ2) is 28.2. The maximum Gasteiger partial charge on any atom is 0.128 e. The summed E-state index contributed by atoms with van der Waals surface area (Å²) >= 11 is 0. The van der Waals surface area contributed by atoms with Crippen molar-refractivity contribution in [1.82, 2.24) is 0 Å². The number of hydrogen-bond donors (Lipinski definition) is 0. The molecule has 0 amide bonds. The number of benzene rings is 6. The minimum absolute atomic E-state index is 0.447. The van der Waals surface area contributed by atoms with E-state index >= 15 is 0 Å². The largest absolute Gasteiger partial charge is 0.494 e. The average molecular weight is 943 g/mol. The van der Waals surface area contributed by atoms with Crippen LogP contribution in [-0.4, -0.2) is 13.2 Å². The number of unbranched alkanes of at least 4 members (excludes halogenated alkanes) is 8. The van der Waals surface area contributed by atoms with Gasteiger partial charge in [0.15, 0.2) is 0 Å². The van der Waals surface area contributed by atoms with Gasteiger partial charge in [0.05, 0.1) is 13.2 Å². The van der Waals surface area contributed by atoms with Crippen LogP contribution in [0.4, 0.5) is 0 Å². The Morgan fingerprint density at radius 2 is 0.700 bits per heavy atom. The first-order valence-corrected chi connectivity index (χ1v) is 28.4. The van der Waals surface area contributed by atoms with Crippen LogP contribution in [0.2, 0.25) is 0 Å². The first kappa shape index (κ1) is 51.4. The molecule has 6 aromatic rings. The second-order valence-electron chi connectivity index (χ2n) is 21.3. The fourth-order valence-electron chi connectivity index (χ4n) is 11.8. The van der Waals surface area contributed by atoms with Gasteiger partial charge in [-0.1, -0.05) is 227 Å². The molecule has 0 spiro atoms. The van der Waals surface area contributed by atoms with E-state index in [0.29, 0.717) is 13.2 Å². The molecule has 70 heavy (non-hydrogen) atoms. The van der Waals surface area contributed by atoms with Crippen molar-refractivity contribution in [1.29, 1.82) is 0 Å². The van der Waals surface area contributed by atoms with Crippen molar-refractivity contribution in [2.45, 2.75) is 181 Å². The van der Waals surface area contributed by atoms with E-state index in [0.717, 1.165) is 117 Å². The maximum atomic E-state index is 6.81. The number of hydrogen-bond acceptors (Lipinski definition) is 4. The van der Waals surface area contributed by atoms with Crippen LogP contribution >= 0.6 is 0 Å². The van der Waals surface area contributed by atoms with Crippen molar-refractivity contribution >= 4 is 21.5 Å². The molecule has 0 aromatic heterocycles. The molecule has 8 rings (SSSR count). The van der Waals surface area contributed by atoms with Crippen LogP contribution in [0, 0.1) is 23.7 Å². The van der Waals surface area contributed by atoms with Gasteiger partial charge in [0.25, 0.3) is 0 Å². The molecular weight excluding hydrogens is 857 g/mol. The van der Waals surface area contributed by atoms with Gasteiger partial charge in [0.2, 0.25) is 0 Å². The molecule has 0 radical (unpaired) electrons. The van der Waals surface area contributed by atoms with Gasteiger partial charge in [-0.2, -0.15) is 0 Å². The van der Waals surface area contributed by atoms with E-state index in [2.05, 4.69) is 135 Å². The summed E-state index contributed by atoms with van der Waals surface area (Å²) in [4.78, 5) is 0. The van der Waals surface area contributed by atoms with E-state index in [1.807, 2.05) is 0 Å². The summed E-state index contributed by atoms with van der Waals surface area (Å²) in [5.74, 6) is 7.24. The van der Waals surface area contributed by atoms with Crippen molar-refractivity contribution in [3.63, 3.8) is 0 Å². The third-order valence-corrected chi connectivity index (χ3v) is 16.1. The topological polar surface area (TPSA) is 36.9 Å². The van der Waals surface area contributed by atoms with E-state index in [4.69, 9.17) is 18.9 Å². The molecule has 0 N–H and O–H groups in total. The third kappa shape index (κ3) is 15.5. The smallest absolute Gasteiger partial charge is 0.128 e. The molecule has 374 valence electrons. The van der Waals surface area contributed by atoms with Crippen molar-refractivity contribution in [2.75, 3.05) is 13.2 Å². The van der Waals surface area contributed by atoms with E-state index in [1.54, 1.807) is 0 Å². The molecule has 0 atom stereocenters. The predicted molar refractivity (Wildman–Crippen MR) is 296 cm³/mol. The van der Waals surface area contributed by atoms with Crippen molar-refractivity contribution in [3.8, 4) is 34.1 Å². The summed E-state index contributed by atoms with van der Waals surface area (Å²) < 4.78 is 26.1. The molecule has 2 fully saturated rings. The lowest BCUT2D eigenvalue weighted by Gasteiger charge is -2.28. The van der Waals surface area contributed by atoms with Crippen LogP contribution < -0.4 is 18.9 Å². The lowest BCUT2D eigenvalue weighted by Crippen LogP contribution is -2.15. The van der Waals surface area contributed by atoms with E-state index in [-0.39, 0.29) is 0 Å². The summed E-state index contributed by atoms with van der Waals surface area (Å²) in [7, 11) is 0. The Labute approximate surface area is 423 Å². The van der Waals surface area contributed by atoms with Gasteiger partial charge < -0.3 is 18.9 Å². The van der Waals surface area contributed by atoms with E-state index in [1.165, 1.54) is 141 Å². The first-order valence-electron chi connectivity index (χ1n) is 28.4. The Kier molecular flexibility index (Phi) is 20.7. The molecule has 6 aromatic carbocycles. The van der Waals surface area contributed by atoms with Gasteiger partial charge in [-0.25, -0.2) is 0 Å². The summed E-state index contributed by atoms with van der Waals surface area (Å²) in [6.45, 7) is 7.06. The highest BCUT2D eigenvalue weighted by Crippen LogP contribution is 2.46. The molecule has 2 saturated carbocycles. The summed E-state index contributed by atoms with van der Waals surface area (Å²) in [5.41, 5.74) is 4.32. The number of fused-ring (bicyclic) bond motifs is 2. The molecule has 4 nitrogen and oxygen atoms in total. The zero-order valence-electron chi connectivity index (χ0n) is 43.3. The molecule has 0 heterocycles. The molecule has 0 bridgehead atoms. The molecule has 0 saturated heterocycles. The van der Waals surface area contributed by atoms with Crippen LogP contribution in [0.1, 0.15) is 179 Å². The maximum absolute atomic E-state index is 6.81. The van der Waals surface area contributed by atoms with Crippen molar-refractivity contribution < 1.29 is 18.9 Å². The SMILES string of the molecule is CCCCCCC[C@H]1CC[C@H](CCCOc2ccc(COc3ccc4ccccc4c3-c3c(OCc4ccc(OCCC[C@H]5CC[C@H](CCCCCCC)CC5)cc4)ccc4ccccc34)cc2)CC1. The molecule has 4 heteroatoms. The highest BCUT2D eigenvalue weighted by Gasteiger charge is 2.23. The second-order valence-corrected chi connectivity index (χ2v) is 21.3. The summed E-state index contributed by atoms with van der Waals surface area (Å²) in [6.07, 6.45) is 33.2. The van der Waals surface area contributed by atoms with Crippen LogP contribution in [0.15, 0.2) is 121 Å². The van der Waals surface area contributed by atoms with Crippen molar-refractivity contribution in [3.05, 3.63) is 132 Å². The molecule has 2 aliphatic rings. The average Bonchev–Trinajstić information content (AvgIpc) is 3.41. The van der Waals surface area contributed by atoms with Crippen LogP contribution in [0.5, 0.6) is 23.0 Å². The zero-order valence-corrected chi connectivity index (χ0v) is 43.3. The standard InChI is InChI=1S/C66H86O4/c1-3-5-7-9-11-19-51-27-31-53(32-28-51)21-17-47-67-59-41-35-55(36-42-59)49-69-63-45-39-57-23-13-15-25-61(57)65(63)66-62-26-16-14-24-58(62)40-46-64(66)70-50-56-37-43-60(44-38-56)68-48-18-22-54-33-29-52(30-34-54)20-12-10-8-6-4-2/h13-16,23-26,35-46,51-54H,3-12,17-22,27-34,47-50H2,1-2H3/t51-,52-,53-,54-. The molecule has 2 aliphatic carbocycles. The Morgan fingerprint density at radius 3 is 1.09 bits per heavy atom. The summed E-state index contributed by atoms with van der Waals surface area (Å²) in [5, 5.41) is 4.60. The fourth-order valence-corrected chi connectivity index (χ4v) is 11.8. The van der Waals surface area contributed by atoms with Gasteiger partial charge in [-0.05, 0) is 118 Å². The first-order chi connectivity index (χ1) is 34.6. The Bertz CT molecular complexity index is 2230. The predicted octanol–water partition coefficient (Wildman–Crippen LogP) is 19.5. The highest BCUT2D eigenvalue weighted by atomic mass is 16.5. The van der Waals surface area contributed by atoms with Gasteiger partial charge in [-0.3, -0.25) is 0 Å². The lowest BCUT2D eigenvalue weighted by molar-refractivity contribution is 0.228. The Hall–Kier alpha value is -4.96. The van der Waals surface area contributed by atoms with Gasteiger partial charge in [0, 0.05) is 11.1 Å². The quantitative estimate of drug-likeness (QED) is 0.0439. The third-order valence-electron chi connectivity index (χ3n) is 16.1. The van der Waals surface area contributed by atoms with Gasteiger partial charge in [-0.15, -0.1) is 0 Å². The summed E-state index contributed by atoms with van der Waals surface area (Å²) in [6, 6.07) is 42.8. The molecule has 0 unspecified atom stereocenters. The van der Waals surface area contributed by atoms with Gasteiger partial charge in [0.1, 0.15) is 36.2 Å². The number of ether oxygens (including phenoxy) is 4. The monoisotopic (exact) mass is 943 g/mol. The molecular formula is C66H86O4. The van der Waals surface area contributed by atoms with Crippen LogP contribution in [0.25, 0.3) is 32.7 Å². The van der Waals surface area contributed by atoms with E-state index in [9.17, 15) is 0 Å². The van der Waals surface area contributed by atoms with Gasteiger partial charge >= 0.3 is 0 Å². The fraction of sp³-hybridized carbons (Fsp3) is 0.515. The van der Waals surface area contributed by atoms with Crippen molar-refractivity contribution in [2.24, 2.45) is 23.7 Å². The van der Waals surface area contributed by atoms with Crippen LogP contribution in [-0.2, 0) is 13.2 Å². The Morgan fingerprint density at radius 1 is 0.343 bits per heavy atom. The zero-order chi connectivity index (χ0) is 48.0. The minimum Gasteiger partial charge on any atom is -0.494 e. The normalized spacial score (nSPS) is 18.3. The molecule has 0 aliphatic heterocycles. The Balaban J connectivity index is 0.835. The van der Waals surface area contributed by atoms with E-state index < -0.39 is 0 Å². The lowest BCUT2D eigenvalue weighted by atomic mass is 9.78. The number of rotatable bonds is 29. The van der Waals surface area contributed by atoms with Crippen LogP contribution in [0.3, 0.4) is 0 Å².